The minimum atomic E-state index is -0.750. The van der Waals surface area contributed by atoms with Gasteiger partial charge < -0.3 is 29.7 Å². The highest BCUT2D eigenvalue weighted by molar-refractivity contribution is 5.88. The Kier molecular flexibility index (Phi) is 10.4. The van der Waals surface area contributed by atoms with E-state index < -0.39 is 6.04 Å². The average Bonchev–Trinajstić information content (AvgIpc) is 3.96. The number of aromatic amines is 1. The zero-order valence-corrected chi connectivity index (χ0v) is 31.5. The average molecular weight is 737 g/mol. The molecule has 4 fully saturated rings. The van der Waals surface area contributed by atoms with Crippen molar-refractivity contribution in [3.05, 3.63) is 75.7 Å². The number of benzene rings is 2. The number of ether oxygens (including phenoxy) is 1. The summed E-state index contributed by atoms with van der Waals surface area (Å²) < 4.78 is 7.10. The van der Waals surface area contributed by atoms with E-state index in [1.807, 2.05) is 60.5 Å². The molecule has 8 rings (SSSR count). The number of fused-ring (bicyclic) bond motifs is 2. The first-order valence-corrected chi connectivity index (χ1v) is 19.7. The number of aromatic nitrogens is 3. The van der Waals surface area contributed by atoms with Gasteiger partial charge in [0, 0.05) is 74.4 Å². The molecule has 1 atom stereocenters. The fourth-order valence-corrected chi connectivity index (χ4v) is 8.61. The summed E-state index contributed by atoms with van der Waals surface area (Å²) in [6.07, 6.45) is 7.61. The van der Waals surface area contributed by atoms with Crippen molar-refractivity contribution in [3.63, 3.8) is 0 Å². The number of carbonyl (C=O) groups excluding carboxylic acids is 3. The number of hydrogen-bond acceptors (Lipinski definition) is 8. The van der Waals surface area contributed by atoms with Crippen molar-refractivity contribution in [2.75, 3.05) is 59.4 Å². The summed E-state index contributed by atoms with van der Waals surface area (Å²) in [5, 5.41) is 9.70. The van der Waals surface area contributed by atoms with Crippen LogP contribution in [0.25, 0.3) is 21.8 Å². The Morgan fingerprint density at radius 3 is 2.37 bits per heavy atom. The molecule has 4 aliphatic rings. The molecule has 3 saturated heterocycles. The van der Waals surface area contributed by atoms with Crippen LogP contribution in [-0.4, -0.2) is 124 Å². The van der Waals surface area contributed by atoms with Gasteiger partial charge in [0.05, 0.1) is 11.4 Å². The van der Waals surface area contributed by atoms with Crippen molar-refractivity contribution in [2.24, 2.45) is 5.92 Å². The highest BCUT2D eigenvalue weighted by Gasteiger charge is 2.34. The van der Waals surface area contributed by atoms with Gasteiger partial charge >= 0.3 is 12.0 Å². The molecule has 2 N–H and O–H groups in total. The molecule has 1 aliphatic carbocycles. The summed E-state index contributed by atoms with van der Waals surface area (Å²) >= 11 is 0. The summed E-state index contributed by atoms with van der Waals surface area (Å²) in [4.78, 5) is 65.0. The number of rotatable bonds is 9. The van der Waals surface area contributed by atoms with E-state index in [0.29, 0.717) is 51.5 Å². The van der Waals surface area contributed by atoms with Crippen LogP contribution >= 0.6 is 0 Å². The second-order valence-corrected chi connectivity index (χ2v) is 15.9. The van der Waals surface area contributed by atoms with Crippen LogP contribution in [0.5, 0.6) is 0 Å². The molecule has 1 saturated carbocycles. The number of H-pyrrole nitrogens is 1. The molecular formula is C41H52N8O5. The lowest BCUT2D eigenvalue weighted by molar-refractivity contribution is -0.149. The second kappa shape index (κ2) is 15.5. The van der Waals surface area contributed by atoms with Crippen molar-refractivity contribution in [1.82, 2.24) is 39.7 Å². The molecular weight excluding hydrogens is 685 g/mol. The number of pyridine rings is 1. The molecule has 286 valence electrons. The first-order valence-electron chi connectivity index (χ1n) is 19.7. The molecule has 0 radical (unpaired) electrons. The number of carbonyl (C=O) groups is 3. The number of hydrogen-bond donors (Lipinski definition) is 2. The van der Waals surface area contributed by atoms with Gasteiger partial charge in [-0.3, -0.25) is 19.3 Å². The summed E-state index contributed by atoms with van der Waals surface area (Å²) in [6, 6.07) is 13.4. The molecule has 13 heteroatoms. The molecule has 0 bridgehead atoms. The fourth-order valence-electron chi connectivity index (χ4n) is 8.61. The Morgan fingerprint density at radius 2 is 1.63 bits per heavy atom. The molecule has 1 unspecified atom stereocenters. The number of esters is 1. The minimum Gasteiger partial charge on any atom is -0.442 e. The van der Waals surface area contributed by atoms with Crippen LogP contribution in [-0.2, 0) is 27.5 Å². The lowest BCUT2D eigenvalue weighted by Crippen LogP contribution is -2.59. The third-order valence-corrected chi connectivity index (χ3v) is 12.0. The van der Waals surface area contributed by atoms with Gasteiger partial charge in [-0.2, -0.15) is 5.10 Å². The number of amides is 3. The number of nitrogens with zero attached hydrogens (tertiary/aromatic N) is 6. The highest BCUT2D eigenvalue weighted by Crippen LogP contribution is 2.31. The highest BCUT2D eigenvalue weighted by atomic mass is 16.5. The number of para-hydroxylation sites is 1. The molecule has 0 spiro atoms. The van der Waals surface area contributed by atoms with Crippen LogP contribution in [0.1, 0.15) is 61.1 Å². The SMILES string of the molecule is Cc1cc(CC(NC(=O)N2CCC(c3cc4ccccc4[nH]c3=O)CC2)C(=O)N2CCN(C3CCN(C)CC3)CC2)cc2cn(COC(=O)C3CC3)nc12. The summed E-state index contributed by atoms with van der Waals surface area (Å²) in [7, 11) is 2.17. The third kappa shape index (κ3) is 8.02. The smallest absolute Gasteiger partial charge is 0.318 e. The monoisotopic (exact) mass is 736 g/mol. The zero-order chi connectivity index (χ0) is 37.3. The van der Waals surface area contributed by atoms with E-state index in [0.717, 1.165) is 90.4 Å². The summed E-state index contributed by atoms with van der Waals surface area (Å²) in [5.74, 6) is -0.175. The van der Waals surface area contributed by atoms with E-state index in [-0.39, 0.29) is 42.0 Å². The van der Waals surface area contributed by atoms with Crippen molar-refractivity contribution in [1.29, 1.82) is 0 Å². The van der Waals surface area contributed by atoms with Gasteiger partial charge in [0.2, 0.25) is 5.91 Å². The van der Waals surface area contributed by atoms with E-state index in [1.54, 1.807) is 9.58 Å². The lowest BCUT2D eigenvalue weighted by Gasteiger charge is -2.43. The van der Waals surface area contributed by atoms with Gasteiger partial charge in [0.1, 0.15) is 6.04 Å². The number of piperazine rings is 1. The molecule has 54 heavy (non-hydrogen) atoms. The van der Waals surface area contributed by atoms with Crippen LogP contribution in [0.4, 0.5) is 4.79 Å². The number of aryl methyl sites for hydroxylation is 1. The molecule has 13 nitrogen and oxygen atoms in total. The maximum Gasteiger partial charge on any atom is 0.318 e. The first-order chi connectivity index (χ1) is 26.2. The first kappa shape index (κ1) is 36.2. The number of piperidine rings is 2. The van der Waals surface area contributed by atoms with E-state index >= 15 is 0 Å². The quantitative estimate of drug-likeness (QED) is 0.248. The Labute approximate surface area is 315 Å². The van der Waals surface area contributed by atoms with Gasteiger partial charge in [-0.15, -0.1) is 0 Å². The largest absolute Gasteiger partial charge is 0.442 e. The van der Waals surface area contributed by atoms with Crippen LogP contribution < -0.4 is 10.9 Å². The molecule has 3 amide bonds. The minimum absolute atomic E-state index is 0.0190. The van der Waals surface area contributed by atoms with E-state index in [2.05, 4.69) is 32.2 Å². The number of urea groups is 1. The van der Waals surface area contributed by atoms with Gasteiger partial charge in [-0.1, -0.05) is 24.3 Å². The van der Waals surface area contributed by atoms with Crippen LogP contribution in [0.3, 0.4) is 0 Å². The molecule has 3 aliphatic heterocycles. The maximum atomic E-state index is 14.4. The predicted molar refractivity (Wildman–Crippen MR) is 206 cm³/mol. The van der Waals surface area contributed by atoms with Crippen molar-refractivity contribution < 1.29 is 19.1 Å². The normalized spacial score (nSPS) is 20.0. The fraction of sp³-hybridized carbons (Fsp3) is 0.537. The van der Waals surface area contributed by atoms with E-state index in [4.69, 9.17) is 4.74 Å². The van der Waals surface area contributed by atoms with Crippen molar-refractivity contribution >= 4 is 39.7 Å². The number of nitrogens with one attached hydrogen (secondary N) is 2. The Morgan fingerprint density at radius 1 is 0.889 bits per heavy atom. The van der Waals surface area contributed by atoms with Crippen LogP contribution in [0, 0.1) is 12.8 Å². The van der Waals surface area contributed by atoms with E-state index in [9.17, 15) is 19.2 Å². The molecule has 2 aromatic heterocycles. The second-order valence-electron chi connectivity index (χ2n) is 15.9. The topological polar surface area (TPSA) is 136 Å². The summed E-state index contributed by atoms with van der Waals surface area (Å²) in [5.41, 5.74) is 4.19. The van der Waals surface area contributed by atoms with Gasteiger partial charge in [-0.05, 0) is 106 Å². The Hall–Kier alpha value is -4.75. The van der Waals surface area contributed by atoms with Gasteiger partial charge in [0.15, 0.2) is 6.73 Å². The summed E-state index contributed by atoms with van der Waals surface area (Å²) in [6.45, 7) is 8.16. The third-order valence-electron chi connectivity index (χ3n) is 12.0. The van der Waals surface area contributed by atoms with Crippen LogP contribution in [0.2, 0.25) is 0 Å². The molecule has 4 aromatic rings. The Bertz CT molecular complexity index is 2070. The van der Waals surface area contributed by atoms with Gasteiger partial charge in [-0.25, -0.2) is 9.48 Å². The van der Waals surface area contributed by atoms with Crippen LogP contribution in [0.15, 0.2) is 53.5 Å². The van der Waals surface area contributed by atoms with Crippen molar-refractivity contribution in [2.45, 2.75) is 76.6 Å². The lowest BCUT2D eigenvalue weighted by atomic mass is 9.89. The molecule has 2 aromatic carbocycles. The predicted octanol–water partition coefficient (Wildman–Crippen LogP) is 3.84. The van der Waals surface area contributed by atoms with E-state index in [1.165, 1.54) is 0 Å². The maximum absolute atomic E-state index is 14.4. The van der Waals surface area contributed by atoms with Gasteiger partial charge in [0.25, 0.3) is 5.56 Å². The Balaban J connectivity index is 0.958. The zero-order valence-electron chi connectivity index (χ0n) is 31.5. The van der Waals surface area contributed by atoms with Crippen molar-refractivity contribution in [3.8, 4) is 0 Å². The number of likely N-dealkylation sites (tertiary alicyclic amines) is 2. The standard InChI is InChI=1S/C41H52N8O5/c1-27-21-28(22-32-25-49(44-37(27)32)26-54-40(52)30-7-8-30)23-36(39(51)47-19-17-46(18-20-47)33-11-13-45(2)14-12-33)43-41(53)48-15-9-29(10-16-48)34-24-31-5-3-4-6-35(31)42-38(34)50/h3-6,21-22,24-25,29-30,33,36H,7-20,23,26H2,1-2H3,(H,42,50)(H,43,53). The molecule has 5 heterocycles.